The van der Waals surface area contributed by atoms with Gasteiger partial charge in [0, 0.05) is 23.9 Å². The molecule has 0 aromatic rings. The maximum Gasteiger partial charge on any atom is 0.136 e. The van der Waals surface area contributed by atoms with E-state index in [0.717, 1.165) is 6.42 Å². The molecule has 1 aliphatic carbocycles. The summed E-state index contributed by atoms with van der Waals surface area (Å²) in [7, 11) is 0. The van der Waals surface area contributed by atoms with Crippen molar-refractivity contribution in [3.05, 3.63) is 12.2 Å². The van der Waals surface area contributed by atoms with Gasteiger partial charge >= 0.3 is 0 Å². The van der Waals surface area contributed by atoms with Gasteiger partial charge in [0.25, 0.3) is 0 Å². The number of nitrogens with one attached hydrogen (secondary N) is 1. The maximum atomic E-state index is 12.1. The van der Waals surface area contributed by atoms with Crippen LogP contribution in [0.25, 0.3) is 0 Å². The van der Waals surface area contributed by atoms with E-state index in [1.165, 1.54) is 18.4 Å². The molecule has 1 N–H and O–H groups in total. The van der Waals surface area contributed by atoms with Crippen molar-refractivity contribution in [1.82, 2.24) is 5.32 Å². The fourth-order valence-electron chi connectivity index (χ4n) is 3.98. The number of carbonyl (C=O) groups excluding carboxylic acids is 1. The predicted octanol–water partition coefficient (Wildman–Crippen LogP) is 3.47. The third kappa shape index (κ3) is 2.54. The standard InChI is InChI=1S/C16H27NO/c1-11(2)13-7-6-12(3)16(8-13)10-14(18)9-15(4,5)17-16/h12-13,17H,1,6-10H2,2-5H3/t12-,13+,16+/m0/s1. The van der Waals surface area contributed by atoms with E-state index in [9.17, 15) is 4.79 Å². The first kappa shape index (κ1) is 13.8. The molecule has 0 bridgehead atoms. The number of ketones is 1. The van der Waals surface area contributed by atoms with E-state index in [1.807, 2.05) is 0 Å². The zero-order chi connectivity index (χ0) is 13.6. The summed E-state index contributed by atoms with van der Waals surface area (Å²) in [6.07, 6.45) is 4.89. The van der Waals surface area contributed by atoms with Crippen LogP contribution in [0, 0.1) is 11.8 Å². The highest BCUT2D eigenvalue weighted by atomic mass is 16.1. The van der Waals surface area contributed by atoms with Crippen LogP contribution in [0.5, 0.6) is 0 Å². The third-order valence-electron chi connectivity index (χ3n) is 4.94. The summed E-state index contributed by atoms with van der Waals surface area (Å²) in [5.41, 5.74) is 1.24. The summed E-state index contributed by atoms with van der Waals surface area (Å²) in [5, 5.41) is 3.81. The Balaban J connectivity index is 2.26. The van der Waals surface area contributed by atoms with E-state index in [-0.39, 0.29) is 11.1 Å². The minimum atomic E-state index is -0.0550. The average molecular weight is 249 g/mol. The topological polar surface area (TPSA) is 29.1 Å². The first-order valence-electron chi connectivity index (χ1n) is 7.20. The molecule has 102 valence electrons. The highest BCUT2D eigenvalue weighted by Gasteiger charge is 2.49. The van der Waals surface area contributed by atoms with Crippen molar-refractivity contribution >= 4 is 5.78 Å². The lowest BCUT2D eigenvalue weighted by Crippen LogP contribution is -2.65. The summed E-state index contributed by atoms with van der Waals surface area (Å²) in [6.45, 7) is 12.9. The van der Waals surface area contributed by atoms with E-state index >= 15 is 0 Å². The monoisotopic (exact) mass is 249 g/mol. The van der Waals surface area contributed by atoms with Gasteiger partial charge in [-0.05, 0) is 51.9 Å². The van der Waals surface area contributed by atoms with Gasteiger partial charge in [0.2, 0.25) is 0 Å². The molecular formula is C16H27NO. The molecule has 1 saturated heterocycles. The number of hydrogen-bond acceptors (Lipinski definition) is 2. The van der Waals surface area contributed by atoms with Gasteiger partial charge in [-0.2, -0.15) is 0 Å². The Morgan fingerprint density at radius 3 is 2.56 bits per heavy atom. The molecule has 0 radical (unpaired) electrons. The molecule has 2 rings (SSSR count). The Hall–Kier alpha value is -0.630. The van der Waals surface area contributed by atoms with Crippen molar-refractivity contribution in [2.24, 2.45) is 11.8 Å². The van der Waals surface area contributed by atoms with Gasteiger partial charge in [0.05, 0.1) is 0 Å². The second-order valence-corrected chi connectivity index (χ2v) is 7.28. The lowest BCUT2D eigenvalue weighted by molar-refractivity contribution is -0.127. The fraction of sp³-hybridized carbons (Fsp3) is 0.812. The third-order valence-corrected chi connectivity index (χ3v) is 4.94. The first-order valence-corrected chi connectivity index (χ1v) is 7.20. The molecule has 1 spiro atoms. The van der Waals surface area contributed by atoms with Crippen LogP contribution in [-0.4, -0.2) is 16.9 Å². The number of allylic oxidation sites excluding steroid dienone is 1. The van der Waals surface area contributed by atoms with Gasteiger partial charge < -0.3 is 5.32 Å². The number of Topliss-reactive ketones (excluding diaryl/α,β-unsaturated/α-hetero) is 1. The van der Waals surface area contributed by atoms with Crippen LogP contribution in [0.1, 0.15) is 59.8 Å². The van der Waals surface area contributed by atoms with E-state index < -0.39 is 0 Å². The molecule has 2 nitrogen and oxygen atoms in total. The maximum absolute atomic E-state index is 12.1. The zero-order valence-electron chi connectivity index (χ0n) is 12.3. The van der Waals surface area contributed by atoms with Gasteiger partial charge in [-0.3, -0.25) is 4.79 Å². The molecule has 0 aromatic heterocycles. The predicted molar refractivity (Wildman–Crippen MR) is 75.5 cm³/mol. The van der Waals surface area contributed by atoms with Gasteiger partial charge in [0.1, 0.15) is 5.78 Å². The van der Waals surface area contributed by atoms with Crippen molar-refractivity contribution in [3.8, 4) is 0 Å². The summed E-state index contributed by atoms with van der Waals surface area (Å²) >= 11 is 0. The summed E-state index contributed by atoms with van der Waals surface area (Å²) in [4.78, 5) is 12.1. The molecule has 2 aliphatic rings. The van der Waals surface area contributed by atoms with Crippen LogP contribution in [0.15, 0.2) is 12.2 Å². The van der Waals surface area contributed by atoms with E-state index in [2.05, 4.69) is 39.6 Å². The van der Waals surface area contributed by atoms with E-state index in [0.29, 0.717) is 30.5 Å². The van der Waals surface area contributed by atoms with Crippen LogP contribution in [0.3, 0.4) is 0 Å². The Labute approximate surface area is 111 Å². The quantitative estimate of drug-likeness (QED) is 0.721. The first-order chi connectivity index (χ1) is 8.24. The van der Waals surface area contributed by atoms with Gasteiger partial charge in [-0.1, -0.05) is 19.1 Å². The van der Waals surface area contributed by atoms with Gasteiger partial charge in [-0.15, -0.1) is 0 Å². The molecular weight excluding hydrogens is 222 g/mol. The van der Waals surface area contributed by atoms with Crippen molar-refractivity contribution in [3.63, 3.8) is 0 Å². The molecule has 1 aliphatic heterocycles. The molecule has 0 amide bonds. The number of piperidine rings is 1. The summed E-state index contributed by atoms with van der Waals surface area (Å²) in [6, 6.07) is 0. The van der Waals surface area contributed by atoms with Crippen molar-refractivity contribution in [1.29, 1.82) is 0 Å². The fourth-order valence-corrected chi connectivity index (χ4v) is 3.98. The van der Waals surface area contributed by atoms with E-state index in [1.54, 1.807) is 0 Å². The smallest absolute Gasteiger partial charge is 0.136 e. The second kappa shape index (κ2) is 4.48. The molecule has 1 heterocycles. The minimum Gasteiger partial charge on any atom is -0.305 e. The number of hydrogen-bond donors (Lipinski definition) is 1. The van der Waals surface area contributed by atoms with Crippen LogP contribution < -0.4 is 5.32 Å². The zero-order valence-corrected chi connectivity index (χ0v) is 12.3. The lowest BCUT2D eigenvalue weighted by Gasteiger charge is -2.53. The number of carbonyl (C=O) groups is 1. The Morgan fingerprint density at radius 1 is 1.33 bits per heavy atom. The normalized spacial score (nSPS) is 39.9. The van der Waals surface area contributed by atoms with Gasteiger partial charge in [-0.25, -0.2) is 0 Å². The summed E-state index contributed by atoms with van der Waals surface area (Å²) in [5.74, 6) is 1.58. The molecule has 3 atom stereocenters. The number of rotatable bonds is 1. The Morgan fingerprint density at radius 2 is 2.00 bits per heavy atom. The van der Waals surface area contributed by atoms with Gasteiger partial charge in [0.15, 0.2) is 0 Å². The highest BCUT2D eigenvalue weighted by Crippen LogP contribution is 2.45. The molecule has 0 aromatic carbocycles. The van der Waals surface area contributed by atoms with E-state index in [4.69, 9.17) is 0 Å². The largest absolute Gasteiger partial charge is 0.305 e. The Bertz CT molecular complexity index is 371. The molecule has 18 heavy (non-hydrogen) atoms. The molecule has 2 heteroatoms. The van der Waals surface area contributed by atoms with Crippen molar-refractivity contribution in [2.75, 3.05) is 0 Å². The average Bonchev–Trinajstić information content (AvgIpc) is 2.19. The second-order valence-electron chi connectivity index (χ2n) is 7.28. The van der Waals surface area contributed by atoms with Crippen LogP contribution >= 0.6 is 0 Å². The minimum absolute atomic E-state index is 0.0146. The SMILES string of the molecule is C=C(C)[C@@H]1CC[C@H](C)[C@]2(CC(=O)CC(C)(C)N2)C1. The van der Waals surface area contributed by atoms with Crippen molar-refractivity contribution in [2.45, 2.75) is 70.9 Å². The van der Waals surface area contributed by atoms with Crippen LogP contribution in [0.4, 0.5) is 0 Å². The molecule has 2 fully saturated rings. The van der Waals surface area contributed by atoms with Crippen LogP contribution in [-0.2, 0) is 4.79 Å². The summed E-state index contributed by atoms with van der Waals surface area (Å²) < 4.78 is 0. The molecule has 0 unspecified atom stereocenters. The van der Waals surface area contributed by atoms with Crippen LogP contribution in [0.2, 0.25) is 0 Å². The lowest BCUT2D eigenvalue weighted by atomic mass is 9.62. The molecule has 1 saturated carbocycles. The van der Waals surface area contributed by atoms with Crippen molar-refractivity contribution < 1.29 is 4.79 Å². The Kier molecular flexibility index (Phi) is 3.44. The highest BCUT2D eigenvalue weighted by molar-refractivity contribution is 5.82.